The molecule has 0 aliphatic heterocycles. The molecule has 0 aliphatic carbocycles. The average Bonchev–Trinajstić information content (AvgIpc) is 2.95. The molecule has 1 heterocycles. The van der Waals surface area contributed by atoms with Crippen LogP contribution in [0.15, 0.2) is 65.7 Å². The van der Waals surface area contributed by atoms with Gasteiger partial charge in [0.05, 0.1) is 16.8 Å². The van der Waals surface area contributed by atoms with Crippen LogP contribution in [0.3, 0.4) is 0 Å². The van der Waals surface area contributed by atoms with Crippen molar-refractivity contribution in [2.45, 2.75) is 31.1 Å². The van der Waals surface area contributed by atoms with Crippen LogP contribution < -0.4 is 10.6 Å². The summed E-state index contributed by atoms with van der Waals surface area (Å²) in [7, 11) is -3.77. The number of nitrogens with zero attached hydrogens (tertiary/aromatic N) is 2. The molecule has 136 valence electrons. The Morgan fingerprint density at radius 3 is 2.19 bits per heavy atom. The summed E-state index contributed by atoms with van der Waals surface area (Å²) in [5.74, 6) is 0.0683. The number of aromatic nitrogens is 2. The minimum absolute atomic E-state index is 0.0465. The van der Waals surface area contributed by atoms with E-state index in [1.165, 1.54) is 4.68 Å². The zero-order valence-corrected chi connectivity index (χ0v) is 15.8. The smallest absolute Gasteiger partial charge is 0.275 e. The second-order valence-corrected chi connectivity index (χ2v) is 8.75. The van der Waals surface area contributed by atoms with Crippen LogP contribution in [0.4, 0.5) is 5.95 Å². The van der Waals surface area contributed by atoms with Gasteiger partial charge in [0, 0.05) is 5.56 Å². The molecule has 3 N–H and O–H groups in total. The SMILES string of the molecule is CC(C)(C)c1ccc(S(=O)(=O)Nn2cc(-c3ccccc3)nc2N)cc1. The van der Waals surface area contributed by atoms with Crippen molar-refractivity contribution >= 4 is 16.0 Å². The summed E-state index contributed by atoms with van der Waals surface area (Å²) in [6.07, 6.45) is 1.56. The molecule has 0 saturated heterocycles. The molecule has 0 radical (unpaired) electrons. The number of nitrogens with one attached hydrogen (secondary N) is 1. The van der Waals surface area contributed by atoms with Gasteiger partial charge in [-0.1, -0.05) is 63.2 Å². The van der Waals surface area contributed by atoms with Crippen LogP contribution in [0.1, 0.15) is 26.3 Å². The molecule has 26 heavy (non-hydrogen) atoms. The first-order valence-electron chi connectivity index (χ1n) is 8.20. The number of sulfonamides is 1. The van der Waals surface area contributed by atoms with E-state index in [4.69, 9.17) is 5.73 Å². The van der Waals surface area contributed by atoms with Gasteiger partial charge in [0.2, 0.25) is 5.95 Å². The highest BCUT2D eigenvalue weighted by Gasteiger charge is 2.19. The Morgan fingerprint density at radius 2 is 1.62 bits per heavy atom. The van der Waals surface area contributed by atoms with Gasteiger partial charge >= 0.3 is 0 Å². The quantitative estimate of drug-likeness (QED) is 0.737. The lowest BCUT2D eigenvalue weighted by molar-refractivity contribution is 0.586. The summed E-state index contributed by atoms with van der Waals surface area (Å²) >= 11 is 0. The number of benzene rings is 2. The van der Waals surface area contributed by atoms with E-state index in [0.29, 0.717) is 5.69 Å². The van der Waals surface area contributed by atoms with Gasteiger partial charge in [-0.25, -0.2) is 14.5 Å². The molecule has 3 aromatic rings. The summed E-state index contributed by atoms with van der Waals surface area (Å²) in [4.78, 5) is 6.84. The first-order chi connectivity index (χ1) is 12.2. The molecule has 0 unspecified atom stereocenters. The molecular formula is C19H22N4O2S. The Kier molecular flexibility index (Phi) is 4.50. The molecule has 3 rings (SSSR count). The molecule has 0 atom stereocenters. The monoisotopic (exact) mass is 370 g/mol. The van der Waals surface area contributed by atoms with E-state index in [2.05, 4.69) is 30.6 Å². The van der Waals surface area contributed by atoms with Gasteiger partial charge in [0.1, 0.15) is 0 Å². The fourth-order valence-corrected chi connectivity index (χ4v) is 3.54. The fourth-order valence-electron chi connectivity index (χ4n) is 2.53. The third kappa shape index (κ3) is 3.72. The molecule has 0 bridgehead atoms. The van der Waals surface area contributed by atoms with E-state index in [9.17, 15) is 8.42 Å². The summed E-state index contributed by atoms with van der Waals surface area (Å²) in [5.41, 5.74) is 8.33. The van der Waals surface area contributed by atoms with Crippen LogP contribution in [-0.2, 0) is 15.4 Å². The molecule has 2 aromatic carbocycles. The number of nitrogens with two attached hydrogens (primary N) is 1. The highest BCUT2D eigenvalue weighted by molar-refractivity contribution is 7.92. The number of nitrogen functional groups attached to an aromatic ring is 1. The zero-order valence-electron chi connectivity index (χ0n) is 15.0. The predicted molar refractivity (Wildman–Crippen MR) is 104 cm³/mol. The highest BCUT2D eigenvalue weighted by Crippen LogP contribution is 2.24. The van der Waals surface area contributed by atoms with Gasteiger partial charge in [-0.2, -0.15) is 8.42 Å². The van der Waals surface area contributed by atoms with Gasteiger partial charge in [-0.05, 0) is 23.1 Å². The predicted octanol–water partition coefficient (Wildman–Crippen LogP) is 3.36. The van der Waals surface area contributed by atoms with E-state index < -0.39 is 10.0 Å². The van der Waals surface area contributed by atoms with Crippen LogP contribution in [0.5, 0.6) is 0 Å². The van der Waals surface area contributed by atoms with Gasteiger partial charge in [-0.3, -0.25) is 0 Å². The molecule has 0 saturated carbocycles. The largest absolute Gasteiger partial charge is 0.368 e. The lowest BCUT2D eigenvalue weighted by atomic mass is 9.87. The van der Waals surface area contributed by atoms with Crippen LogP contribution in [0, 0.1) is 0 Å². The van der Waals surface area contributed by atoms with Gasteiger partial charge < -0.3 is 5.73 Å². The molecule has 1 aromatic heterocycles. The number of anilines is 1. The zero-order chi connectivity index (χ0) is 18.9. The van der Waals surface area contributed by atoms with Crippen LogP contribution in [0.25, 0.3) is 11.3 Å². The summed E-state index contributed by atoms with van der Waals surface area (Å²) in [5, 5.41) is 0. The molecule has 0 fully saturated rings. The lowest BCUT2D eigenvalue weighted by Crippen LogP contribution is -2.24. The topological polar surface area (TPSA) is 90.0 Å². The first-order valence-corrected chi connectivity index (χ1v) is 9.69. The van der Waals surface area contributed by atoms with Crippen molar-refractivity contribution < 1.29 is 8.42 Å². The lowest BCUT2D eigenvalue weighted by Gasteiger charge is -2.19. The average molecular weight is 370 g/mol. The van der Waals surface area contributed by atoms with Crippen molar-refractivity contribution in [3.8, 4) is 11.3 Å². The first kappa shape index (κ1) is 18.0. The Balaban J connectivity index is 1.87. The standard InChI is InChI=1S/C19H22N4O2S/c1-19(2,3)15-9-11-16(12-10-15)26(24,25)22-23-13-17(21-18(23)20)14-7-5-4-6-8-14/h4-13,22H,1-3H3,(H2,20,21). The molecule has 6 nitrogen and oxygen atoms in total. The number of hydrogen-bond donors (Lipinski definition) is 2. The summed E-state index contributed by atoms with van der Waals surface area (Å²) < 4.78 is 26.5. The Hall–Kier alpha value is -2.80. The third-order valence-corrected chi connectivity index (χ3v) is 5.38. The minimum atomic E-state index is -3.77. The highest BCUT2D eigenvalue weighted by atomic mass is 32.2. The van der Waals surface area contributed by atoms with Crippen LogP contribution in [-0.4, -0.2) is 18.1 Å². The van der Waals surface area contributed by atoms with E-state index in [0.717, 1.165) is 11.1 Å². The van der Waals surface area contributed by atoms with E-state index in [1.54, 1.807) is 18.3 Å². The van der Waals surface area contributed by atoms with Gasteiger partial charge in [0.25, 0.3) is 10.0 Å². The van der Waals surface area contributed by atoms with Gasteiger partial charge in [0.15, 0.2) is 0 Å². The van der Waals surface area contributed by atoms with Crippen LogP contribution in [0.2, 0.25) is 0 Å². The number of rotatable bonds is 4. The van der Waals surface area contributed by atoms with Crippen molar-refractivity contribution in [1.82, 2.24) is 9.66 Å². The van der Waals surface area contributed by atoms with Crippen molar-refractivity contribution in [3.63, 3.8) is 0 Å². The van der Waals surface area contributed by atoms with Crippen LogP contribution >= 0.6 is 0 Å². The molecule has 0 amide bonds. The third-order valence-electron chi connectivity index (χ3n) is 4.05. The van der Waals surface area contributed by atoms with E-state index in [-0.39, 0.29) is 16.3 Å². The second kappa shape index (κ2) is 6.49. The summed E-state index contributed by atoms with van der Waals surface area (Å²) in [6.45, 7) is 6.23. The summed E-state index contributed by atoms with van der Waals surface area (Å²) in [6, 6.07) is 16.2. The number of imidazole rings is 1. The van der Waals surface area contributed by atoms with E-state index >= 15 is 0 Å². The van der Waals surface area contributed by atoms with Crippen molar-refractivity contribution in [2.24, 2.45) is 0 Å². The molecule has 0 aliphatic rings. The molecular weight excluding hydrogens is 348 g/mol. The fraction of sp³-hybridized carbons (Fsp3) is 0.211. The maximum absolute atomic E-state index is 12.6. The normalized spacial score (nSPS) is 12.1. The Labute approximate surface area is 153 Å². The molecule has 7 heteroatoms. The van der Waals surface area contributed by atoms with Crippen molar-refractivity contribution in [1.29, 1.82) is 0 Å². The maximum Gasteiger partial charge on any atom is 0.275 e. The number of hydrogen-bond acceptors (Lipinski definition) is 4. The second-order valence-electron chi connectivity index (χ2n) is 7.09. The maximum atomic E-state index is 12.6. The Bertz CT molecular complexity index is 1000. The van der Waals surface area contributed by atoms with E-state index in [1.807, 2.05) is 42.5 Å². The van der Waals surface area contributed by atoms with Crippen molar-refractivity contribution in [3.05, 3.63) is 66.4 Å². The Morgan fingerprint density at radius 1 is 1.00 bits per heavy atom. The van der Waals surface area contributed by atoms with Crippen molar-refractivity contribution in [2.75, 3.05) is 10.6 Å². The minimum Gasteiger partial charge on any atom is -0.368 e. The van der Waals surface area contributed by atoms with Gasteiger partial charge in [-0.15, -0.1) is 0 Å². The molecule has 0 spiro atoms.